The molecule has 6 heteroatoms. The van der Waals surface area contributed by atoms with E-state index in [2.05, 4.69) is 12.1 Å². The van der Waals surface area contributed by atoms with Crippen LogP contribution in [0.5, 0.6) is 0 Å². The maximum atomic E-state index is 10.6. The third-order valence-corrected chi connectivity index (χ3v) is 7.75. The molecular weight excluding hydrogens is 554 g/mol. The van der Waals surface area contributed by atoms with E-state index in [4.69, 9.17) is 46.4 Å². The second kappa shape index (κ2) is 9.52. The van der Waals surface area contributed by atoms with Gasteiger partial charge in [0.2, 0.25) is 0 Å². The summed E-state index contributed by atoms with van der Waals surface area (Å²) in [7, 11) is 0. The smallest absolute Gasteiger partial charge is 0.100 e. The summed E-state index contributed by atoms with van der Waals surface area (Å²) in [6.45, 7) is 0. The second-order valence-corrected chi connectivity index (χ2v) is 10.6. The first-order valence-corrected chi connectivity index (χ1v) is 13.1. The molecule has 6 rings (SSSR count). The predicted octanol–water partition coefficient (Wildman–Crippen LogP) is 10.8. The van der Waals surface area contributed by atoms with Crippen LogP contribution in [0.1, 0.15) is 11.1 Å². The summed E-state index contributed by atoms with van der Waals surface area (Å²) in [5, 5.41) is 27.7. The molecule has 38 heavy (non-hydrogen) atoms. The van der Waals surface area contributed by atoms with E-state index >= 15 is 0 Å². The van der Waals surface area contributed by atoms with Crippen LogP contribution in [-0.4, -0.2) is 0 Å². The molecule has 0 saturated carbocycles. The molecule has 0 N–H and O–H groups in total. The van der Waals surface area contributed by atoms with Gasteiger partial charge in [0, 0.05) is 41.6 Å². The lowest BCUT2D eigenvalue weighted by Gasteiger charge is -2.21. The van der Waals surface area contributed by atoms with E-state index < -0.39 is 0 Å². The van der Waals surface area contributed by atoms with Crippen LogP contribution in [0.25, 0.3) is 54.6 Å². The molecule has 6 aromatic rings. The van der Waals surface area contributed by atoms with Gasteiger partial charge in [-0.3, -0.25) is 0 Å². The zero-order valence-electron chi connectivity index (χ0n) is 19.5. The Labute approximate surface area is 238 Å². The fourth-order valence-corrected chi connectivity index (χ4v) is 5.83. The van der Waals surface area contributed by atoms with Gasteiger partial charge in [-0.25, -0.2) is 0 Å². The maximum Gasteiger partial charge on any atom is 0.100 e. The molecular formula is C32H14Cl4N2. The van der Waals surface area contributed by atoms with Crippen LogP contribution in [0.3, 0.4) is 0 Å². The number of nitrogens with zero attached hydrogens (tertiary/aromatic N) is 2. The van der Waals surface area contributed by atoms with Gasteiger partial charge >= 0.3 is 0 Å². The topological polar surface area (TPSA) is 47.6 Å². The van der Waals surface area contributed by atoms with Crippen molar-refractivity contribution in [2.45, 2.75) is 0 Å². The van der Waals surface area contributed by atoms with Crippen molar-refractivity contribution in [3.05, 3.63) is 116 Å². The molecule has 0 radical (unpaired) electrons. The van der Waals surface area contributed by atoms with Crippen LogP contribution < -0.4 is 0 Å². The highest BCUT2D eigenvalue weighted by Crippen LogP contribution is 2.48. The van der Waals surface area contributed by atoms with Gasteiger partial charge in [0.25, 0.3) is 0 Å². The number of nitriles is 2. The molecule has 0 amide bonds. The minimum absolute atomic E-state index is 0.438. The van der Waals surface area contributed by atoms with E-state index in [1.165, 1.54) is 0 Å². The van der Waals surface area contributed by atoms with Gasteiger partial charge in [0.1, 0.15) is 12.1 Å². The normalized spacial score (nSPS) is 11.1. The van der Waals surface area contributed by atoms with Crippen LogP contribution in [0.4, 0.5) is 0 Å². The van der Waals surface area contributed by atoms with Crippen molar-refractivity contribution < 1.29 is 0 Å². The lowest BCUT2D eigenvalue weighted by Crippen LogP contribution is -1.98. The summed E-state index contributed by atoms with van der Waals surface area (Å²) in [5.41, 5.74) is 4.22. The molecule has 0 saturated heterocycles. The molecule has 0 atom stereocenters. The van der Waals surface area contributed by atoms with Gasteiger partial charge in [0.05, 0.1) is 11.1 Å². The third kappa shape index (κ3) is 3.86. The van der Waals surface area contributed by atoms with Crippen LogP contribution in [-0.2, 0) is 0 Å². The number of hydrogen-bond donors (Lipinski definition) is 0. The Morgan fingerprint density at radius 1 is 0.421 bits per heavy atom. The van der Waals surface area contributed by atoms with Crippen molar-refractivity contribution in [3.63, 3.8) is 0 Å². The average molecular weight is 568 g/mol. The fourth-order valence-electron chi connectivity index (χ4n) is 5.24. The lowest BCUT2D eigenvalue weighted by molar-refractivity contribution is 1.50. The van der Waals surface area contributed by atoms with Gasteiger partial charge in [-0.1, -0.05) is 82.8 Å². The molecule has 0 bridgehead atoms. The van der Waals surface area contributed by atoms with Crippen LogP contribution in [0, 0.1) is 22.7 Å². The summed E-state index contributed by atoms with van der Waals surface area (Å²) in [5.74, 6) is 0. The van der Waals surface area contributed by atoms with Crippen LogP contribution in [0.2, 0.25) is 20.1 Å². The molecule has 180 valence electrons. The highest BCUT2D eigenvalue weighted by Gasteiger charge is 2.25. The predicted molar refractivity (Wildman–Crippen MR) is 159 cm³/mol. The van der Waals surface area contributed by atoms with Crippen molar-refractivity contribution in [2.75, 3.05) is 0 Å². The molecule has 0 aliphatic heterocycles. The number of hydrogen-bond acceptors (Lipinski definition) is 2. The summed E-state index contributed by atoms with van der Waals surface area (Å²) < 4.78 is 0. The number of benzene rings is 6. The van der Waals surface area contributed by atoms with Gasteiger partial charge in [-0.2, -0.15) is 10.5 Å². The van der Waals surface area contributed by atoms with E-state index in [0.29, 0.717) is 52.8 Å². The van der Waals surface area contributed by atoms with Crippen molar-refractivity contribution in [2.24, 2.45) is 0 Å². The highest BCUT2D eigenvalue weighted by atomic mass is 35.5. The fraction of sp³-hybridized carbons (Fsp3) is 0. The van der Waals surface area contributed by atoms with Crippen molar-refractivity contribution in [3.8, 4) is 34.4 Å². The van der Waals surface area contributed by atoms with E-state index in [9.17, 15) is 10.5 Å². The molecule has 0 unspecified atom stereocenters. The number of halogens is 4. The van der Waals surface area contributed by atoms with Crippen molar-refractivity contribution in [1.29, 1.82) is 10.5 Å². The molecule has 0 heterocycles. The quantitative estimate of drug-likeness (QED) is 0.195. The Kier molecular flexibility index (Phi) is 6.16. The van der Waals surface area contributed by atoms with Crippen LogP contribution in [0.15, 0.2) is 84.9 Å². The Morgan fingerprint density at radius 3 is 1.11 bits per heavy atom. The largest absolute Gasteiger partial charge is 0.192 e. The maximum absolute atomic E-state index is 10.6. The van der Waals surface area contributed by atoms with E-state index in [0.717, 1.165) is 33.0 Å². The molecule has 6 aromatic carbocycles. The Bertz CT molecular complexity index is 1870. The van der Waals surface area contributed by atoms with Crippen molar-refractivity contribution in [1.82, 2.24) is 0 Å². The van der Waals surface area contributed by atoms with Gasteiger partial charge in [-0.15, -0.1) is 0 Å². The lowest BCUT2D eigenvalue weighted by atomic mass is 9.80. The van der Waals surface area contributed by atoms with Crippen LogP contribution >= 0.6 is 46.4 Å². The minimum Gasteiger partial charge on any atom is -0.192 e. The summed E-state index contributed by atoms with van der Waals surface area (Å²) in [6, 6.07) is 30.8. The van der Waals surface area contributed by atoms with Gasteiger partial charge < -0.3 is 0 Å². The second-order valence-electron chi connectivity index (χ2n) is 8.87. The van der Waals surface area contributed by atoms with Crippen molar-refractivity contribution >= 4 is 78.7 Å². The van der Waals surface area contributed by atoms with Gasteiger partial charge in [0.15, 0.2) is 0 Å². The Morgan fingerprint density at radius 2 is 0.763 bits per heavy atom. The summed E-state index contributed by atoms with van der Waals surface area (Å²) in [6.07, 6.45) is 0. The molecule has 0 spiro atoms. The zero-order chi connectivity index (χ0) is 26.6. The Balaban J connectivity index is 2.01. The number of fused-ring (bicyclic) bond motifs is 3. The average Bonchev–Trinajstić information content (AvgIpc) is 2.92. The van der Waals surface area contributed by atoms with E-state index in [-0.39, 0.29) is 0 Å². The molecule has 0 aliphatic rings. The first-order chi connectivity index (χ1) is 18.4. The zero-order valence-corrected chi connectivity index (χ0v) is 22.5. The third-order valence-electron chi connectivity index (χ3n) is 6.78. The molecule has 0 fully saturated rings. The standard InChI is InChI=1S/C32H14Cl4N2/c33-19-5-1-17(2-6-19)29-23-11-9-21(35)13-25(23)28(16-38)32-30(18-3-7-20(34)8-4-18)24-12-10-22(36)14-26(24)27(15-37)31(29)32/h1-14H. The Hall–Kier alpha value is -3.76. The SMILES string of the molecule is N#Cc1c2cc(Cl)ccc2c(-c2ccc(Cl)cc2)c2c(C#N)c3cc(Cl)ccc3c(-c3ccc(Cl)cc3)c12. The molecule has 0 aromatic heterocycles. The first-order valence-electron chi connectivity index (χ1n) is 11.6. The number of rotatable bonds is 2. The molecule has 2 nitrogen and oxygen atoms in total. The monoisotopic (exact) mass is 566 g/mol. The minimum atomic E-state index is 0.438. The van der Waals surface area contributed by atoms with E-state index in [1.807, 2.05) is 60.7 Å². The molecule has 0 aliphatic carbocycles. The van der Waals surface area contributed by atoms with E-state index in [1.54, 1.807) is 24.3 Å². The summed E-state index contributed by atoms with van der Waals surface area (Å²) in [4.78, 5) is 0. The summed E-state index contributed by atoms with van der Waals surface area (Å²) >= 11 is 25.4. The first kappa shape index (κ1) is 24.6. The van der Waals surface area contributed by atoms with Gasteiger partial charge in [-0.05, 0) is 81.6 Å². The highest BCUT2D eigenvalue weighted by molar-refractivity contribution is 6.35.